The van der Waals surface area contributed by atoms with Gasteiger partial charge in [-0.15, -0.1) is 0 Å². The van der Waals surface area contributed by atoms with Gasteiger partial charge in [-0.25, -0.2) is 5.01 Å². The van der Waals surface area contributed by atoms with Crippen LogP contribution in [0.2, 0.25) is 0 Å². The molecule has 0 unspecified atom stereocenters. The van der Waals surface area contributed by atoms with Gasteiger partial charge in [0.05, 0.1) is 13.2 Å². The predicted molar refractivity (Wildman–Crippen MR) is 89.8 cm³/mol. The first-order chi connectivity index (χ1) is 12.0. The Kier molecular flexibility index (Phi) is 6.64. The molecular formula is C17H21N3O5. The number of carboxylic acids is 1. The SMILES string of the molecule is COCCN(CC(=O)O)C(=O)C1=NN(Cc2ccccc2)C(=O)CC1. The van der Waals surface area contributed by atoms with Crippen molar-refractivity contribution >= 4 is 23.5 Å². The zero-order valence-electron chi connectivity index (χ0n) is 14.1. The van der Waals surface area contributed by atoms with Crippen LogP contribution in [0.25, 0.3) is 0 Å². The lowest BCUT2D eigenvalue weighted by Crippen LogP contribution is -2.44. The Morgan fingerprint density at radius 1 is 1.28 bits per heavy atom. The monoisotopic (exact) mass is 347 g/mol. The van der Waals surface area contributed by atoms with E-state index in [1.807, 2.05) is 30.3 Å². The smallest absolute Gasteiger partial charge is 0.323 e. The van der Waals surface area contributed by atoms with E-state index in [-0.39, 0.29) is 44.2 Å². The van der Waals surface area contributed by atoms with E-state index in [0.717, 1.165) is 5.56 Å². The van der Waals surface area contributed by atoms with Gasteiger partial charge in [0.15, 0.2) is 0 Å². The second kappa shape index (κ2) is 8.93. The lowest BCUT2D eigenvalue weighted by atomic mass is 10.1. The zero-order chi connectivity index (χ0) is 18.2. The summed E-state index contributed by atoms with van der Waals surface area (Å²) >= 11 is 0. The summed E-state index contributed by atoms with van der Waals surface area (Å²) in [6.45, 7) is 0.202. The third-order valence-electron chi connectivity index (χ3n) is 3.71. The highest BCUT2D eigenvalue weighted by Gasteiger charge is 2.28. The molecule has 0 aliphatic carbocycles. The highest BCUT2D eigenvalue weighted by molar-refractivity contribution is 6.39. The van der Waals surface area contributed by atoms with Crippen LogP contribution in [0.15, 0.2) is 35.4 Å². The molecule has 0 radical (unpaired) electrons. The molecule has 1 heterocycles. The van der Waals surface area contributed by atoms with Crippen LogP contribution in [0.3, 0.4) is 0 Å². The number of hydrogen-bond acceptors (Lipinski definition) is 5. The topological polar surface area (TPSA) is 99.5 Å². The molecule has 8 nitrogen and oxygen atoms in total. The Hall–Kier alpha value is -2.74. The van der Waals surface area contributed by atoms with Gasteiger partial charge in [0.1, 0.15) is 12.3 Å². The van der Waals surface area contributed by atoms with Gasteiger partial charge in [-0.1, -0.05) is 30.3 Å². The van der Waals surface area contributed by atoms with E-state index >= 15 is 0 Å². The van der Waals surface area contributed by atoms with Crippen LogP contribution in [-0.4, -0.2) is 65.3 Å². The van der Waals surface area contributed by atoms with E-state index in [1.165, 1.54) is 17.0 Å². The minimum Gasteiger partial charge on any atom is -0.480 e. The number of hydrazone groups is 1. The van der Waals surface area contributed by atoms with Crippen LogP contribution < -0.4 is 0 Å². The third-order valence-corrected chi connectivity index (χ3v) is 3.71. The second-order valence-electron chi connectivity index (χ2n) is 5.60. The third kappa shape index (κ3) is 5.39. The molecule has 0 fully saturated rings. The number of carbonyl (C=O) groups is 3. The van der Waals surface area contributed by atoms with Crippen LogP contribution in [-0.2, 0) is 25.7 Å². The molecule has 134 valence electrons. The molecule has 0 bridgehead atoms. The summed E-state index contributed by atoms with van der Waals surface area (Å²) in [6, 6.07) is 9.33. The maximum Gasteiger partial charge on any atom is 0.323 e. The van der Waals surface area contributed by atoms with Gasteiger partial charge in [0.25, 0.3) is 5.91 Å². The van der Waals surface area contributed by atoms with Gasteiger partial charge in [0.2, 0.25) is 5.91 Å². The van der Waals surface area contributed by atoms with Crippen LogP contribution in [0.1, 0.15) is 18.4 Å². The molecule has 2 amide bonds. The van der Waals surface area contributed by atoms with Gasteiger partial charge in [-0.3, -0.25) is 14.4 Å². The summed E-state index contributed by atoms with van der Waals surface area (Å²) in [5.74, 6) is -1.76. The van der Waals surface area contributed by atoms with Crippen molar-refractivity contribution in [1.82, 2.24) is 9.91 Å². The number of rotatable bonds is 8. The average molecular weight is 347 g/mol. The summed E-state index contributed by atoms with van der Waals surface area (Å²) in [5, 5.41) is 14.4. The van der Waals surface area contributed by atoms with Crippen molar-refractivity contribution in [3.8, 4) is 0 Å². The van der Waals surface area contributed by atoms with Crippen molar-refractivity contribution in [2.24, 2.45) is 5.10 Å². The summed E-state index contributed by atoms with van der Waals surface area (Å²) in [7, 11) is 1.47. The van der Waals surface area contributed by atoms with Crippen LogP contribution in [0.5, 0.6) is 0 Å². The van der Waals surface area contributed by atoms with Crippen molar-refractivity contribution < 1.29 is 24.2 Å². The first-order valence-electron chi connectivity index (χ1n) is 7.93. The number of aliphatic carboxylic acids is 1. The van der Waals surface area contributed by atoms with Crippen LogP contribution in [0, 0.1) is 0 Å². The number of amides is 2. The number of ether oxygens (including phenoxy) is 1. The molecule has 25 heavy (non-hydrogen) atoms. The Labute approximate surface area is 145 Å². The quantitative estimate of drug-likeness (QED) is 0.747. The first-order valence-corrected chi connectivity index (χ1v) is 7.93. The molecule has 1 aliphatic rings. The van der Waals surface area contributed by atoms with Crippen molar-refractivity contribution in [1.29, 1.82) is 0 Å². The molecule has 0 saturated heterocycles. The highest BCUT2D eigenvalue weighted by atomic mass is 16.5. The summed E-state index contributed by atoms with van der Waals surface area (Å²) < 4.78 is 4.92. The zero-order valence-corrected chi connectivity index (χ0v) is 14.1. The maximum atomic E-state index is 12.6. The van der Waals surface area contributed by atoms with Crippen molar-refractivity contribution in [2.45, 2.75) is 19.4 Å². The van der Waals surface area contributed by atoms with Crippen molar-refractivity contribution in [3.63, 3.8) is 0 Å². The maximum absolute atomic E-state index is 12.6. The van der Waals surface area contributed by atoms with E-state index in [4.69, 9.17) is 9.84 Å². The van der Waals surface area contributed by atoms with Crippen LogP contribution >= 0.6 is 0 Å². The number of hydrogen-bond donors (Lipinski definition) is 1. The van der Waals surface area contributed by atoms with E-state index in [2.05, 4.69) is 5.10 Å². The number of carboxylic acid groups (broad SMARTS) is 1. The number of methoxy groups -OCH3 is 1. The minimum absolute atomic E-state index is 0.146. The molecule has 0 atom stereocenters. The molecule has 0 saturated carbocycles. The van der Waals surface area contributed by atoms with Crippen molar-refractivity contribution in [2.75, 3.05) is 26.8 Å². The molecule has 8 heteroatoms. The van der Waals surface area contributed by atoms with E-state index in [1.54, 1.807) is 0 Å². The van der Waals surface area contributed by atoms with E-state index < -0.39 is 18.4 Å². The normalized spacial score (nSPS) is 14.2. The van der Waals surface area contributed by atoms with Gasteiger partial charge >= 0.3 is 5.97 Å². The molecule has 1 aromatic rings. The molecule has 0 aromatic heterocycles. The molecule has 0 spiro atoms. The number of carbonyl (C=O) groups excluding carboxylic acids is 2. The molecule has 2 rings (SSSR count). The molecule has 1 N–H and O–H groups in total. The highest BCUT2D eigenvalue weighted by Crippen LogP contribution is 2.15. The minimum atomic E-state index is -1.11. The van der Waals surface area contributed by atoms with Crippen LogP contribution in [0.4, 0.5) is 0 Å². The predicted octanol–water partition coefficient (Wildman–Crippen LogP) is 0.725. The largest absolute Gasteiger partial charge is 0.480 e. The van der Waals surface area contributed by atoms with E-state index in [0.29, 0.717) is 0 Å². The Bertz CT molecular complexity index is 660. The van der Waals surface area contributed by atoms with E-state index in [9.17, 15) is 14.4 Å². The van der Waals surface area contributed by atoms with Crippen molar-refractivity contribution in [3.05, 3.63) is 35.9 Å². The average Bonchev–Trinajstić information content (AvgIpc) is 2.60. The Morgan fingerprint density at radius 3 is 2.64 bits per heavy atom. The fourth-order valence-corrected chi connectivity index (χ4v) is 2.44. The number of nitrogens with zero attached hydrogens (tertiary/aromatic N) is 3. The number of benzene rings is 1. The second-order valence-corrected chi connectivity index (χ2v) is 5.60. The summed E-state index contributed by atoms with van der Waals surface area (Å²) in [4.78, 5) is 36.8. The Morgan fingerprint density at radius 2 is 2.00 bits per heavy atom. The van der Waals surface area contributed by atoms with Gasteiger partial charge < -0.3 is 14.7 Å². The summed E-state index contributed by atoms with van der Waals surface area (Å²) in [6.07, 6.45) is 0.370. The summed E-state index contributed by atoms with van der Waals surface area (Å²) in [5.41, 5.74) is 1.09. The fourth-order valence-electron chi connectivity index (χ4n) is 2.44. The van der Waals surface area contributed by atoms with Gasteiger partial charge in [-0.05, 0) is 5.56 Å². The van der Waals surface area contributed by atoms with Gasteiger partial charge in [0, 0.05) is 26.5 Å². The first kappa shape index (κ1) is 18.6. The lowest BCUT2D eigenvalue weighted by molar-refractivity contribution is -0.142. The van der Waals surface area contributed by atoms with Gasteiger partial charge in [-0.2, -0.15) is 5.10 Å². The standard InChI is InChI=1S/C17H21N3O5/c1-25-10-9-19(12-16(22)23)17(24)14-7-8-15(21)20(18-14)11-13-5-3-2-4-6-13/h2-6H,7-12H2,1H3,(H,22,23). The Balaban J connectivity index is 2.14. The lowest BCUT2D eigenvalue weighted by Gasteiger charge is -2.26. The molecule has 1 aliphatic heterocycles. The fraction of sp³-hybridized carbons (Fsp3) is 0.412. The molecular weight excluding hydrogens is 326 g/mol. The molecule has 1 aromatic carbocycles.